The second kappa shape index (κ2) is 2.60. The summed E-state index contributed by atoms with van der Waals surface area (Å²) < 4.78 is 25.5. The van der Waals surface area contributed by atoms with Gasteiger partial charge >= 0.3 is 0 Å². The average Bonchev–Trinajstić information content (AvgIpc) is 3.13. The van der Waals surface area contributed by atoms with Crippen LogP contribution in [0.2, 0.25) is 0 Å². The Bertz CT molecular complexity index is 439. The van der Waals surface area contributed by atoms with E-state index in [0.29, 0.717) is 18.2 Å². The van der Waals surface area contributed by atoms with Crippen molar-refractivity contribution in [1.29, 1.82) is 0 Å². The number of ether oxygens (including phenoxy) is 1. The molecular weight excluding hydrogens is 183 g/mol. The van der Waals surface area contributed by atoms with Gasteiger partial charge in [0.15, 0.2) is 0 Å². The number of rotatable bonds is 3. The predicted molar refractivity (Wildman–Crippen MR) is 47.6 cm³/mol. The van der Waals surface area contributed by atoms with Gasteiger partial charge in [0.2, 0.25) is 5.66 Å². The molecule has 1 saturated heterocycles. The number of nitrogens with zero attached hydrogens (tertiary/aromatic N) is 2. The maximum Gasteiger partial charge on any atom is 0.243 e. The van der Waals surface area contributed by atoms with E-state index < -0.39 is 12.3 Å². The van der Waals surface area contributed by atoms with Crippen LogP contribution < -0.4 is 0 Å². The SMILES string of the molecule is [3H]c1cc(C2(CF)N=N2)ccc1C1CO1. The van der Waals surface area contributed by atoms with Crippen molar-refractivity contribution >= 4 is 0 Å². The molecule has 4 heteroatoms. The number of hydrogen-bond donors (Lipinski definition) is 0. The number of alkyl halides is 1. The Morgan fingerprint density at radius 2 is 2.36 bits per heavy atom. The topological polar surface area (TPSA) is 37.2 Å². The Labute approximate surface area is 82.0 Å². The zero-order chi connectivity index (χ0) is 10.5. The third kappa shape index (κ3) is 1.14. The lowest BCUT2D eigenvalue weighted by Gasteiger charge is -2.06. The van der Waals surface area contributed by atoms with Gasteiger partial charge in [-0.25, -0.2) is 4.39 Å². The lowest BCUT2D eigenvalue weighted by atomic mass is 10.0. The van der Waals surface area contributed by atoms with Gasteiger partial charge in [-0.1, -0.05) is 24.2 Å². The molecule has 72 valence electrons. The maximum absolute atomic E-state index is 12.6. The molecular formula is C10H9FN2O. The lowest BCUT2D eigenvalue weighted by Crippen LogP contribution is -2.10. The molecule has 1 aromatic rings. The Kier molecular flexibility index (Phi) is 1.31. The zero-order valence-electron chi connectivity index (χ0n) is 8.40. The van der Waals surface area contributed by atoms with E-state index in [9.17, 15) is 4.39 Å². The summed E-state index contributed by atoms with van der Waals surface area (Å²) in [6, 6.07) is 5.57. The van der Waals surface area contributed by atoms with Crippen LogP contribution >= 0.6 is 0 Å². The second-order valence-electron chi connectivity index (χ2n) is 3.50. The highest BCUT2D eigenvalue weighted by Gasteiger charge is 2.42. The van der Waals surface area contributed by atoms with Crippen LogP contribution in [0.15, 0.2) is 34.5 Å². The summed E-state index contributed by atoms with van der Waals surface area (Å²) in [7, 11) is 0. The molecule has 0 spiro atoms. The highest BCUT2D eigenvalue weighted by atomic mass is 19.1. The fourth-order valence-corrected chi connectivity index (χ4v) is 1.42. The van der Waals surface area contributed by atoms with E-state index in [2.05, 4.69) is 10.2 Å². The van der Waals surface area contributed by atoms with Gasteiger partial charge in [-0.05, 0) is 5.56 Å². The quantitative estimate of drug-likeness (QED) is 0.680. The van der Waals surface area contributed by atoms with Gasteiger partial charge in [0.25, 0.3) is 0 Å². The van der Waals surface area contributed by atoms with Gasteiger partial charge in [-0.2, -0.15) is 10.2 Å². The summed E-state index contributed by atoms with van der Waals surface area (Å²) in [5, 5.41) is 7.38. The van der Waals surface area contributed by atoms with Crippen LogP contribution in [-0.2, 0) is 10.4 Å². The van der Waals surface area contributed by atoms with Crippen molar-refractivity contribution in [3.8, 4) is 0 Å². The third-order valence-corrected chi connectivity index (χ3v) is 2.51. The third-order valence-electron chi connectivity index (χ3n) is 2.51. The van der Waals surface area contributed by atoms with Crippen LogP contribution in [0.25, 0.3) is 0 Å². The number of epoxide rings is 1. The molecule has 0 radical (unpaired) electrons. The van der Waals surface area contributed by atoms with Crippen molar-refractivity contribution in [1.82, 2.24) is 0 Å². The fraction of sp³-hybridized carbons (Fsp3) is 0.400. The number of hydrogen-bond acceptors (Lipinski definition) is 3. The van der Waals surface area contributed by atoms with E-state index in [-0.39, 0.29) is 6.10 Å². The predicted octanol–water partition coefficient (Wildman–Crippen LogP) is 2.35. The van der Waals surface area contributed by atoms with Crippen LogP contribution in [0.4, 0.5) is 4.39 Å². The molecule has 2 aliphatic heterocycles. The molecule has 0 saturated carbocycles. The summed E-state index contributed by atoms with van der Waals surface area (Å²) >= 11 is 0. The molecule has 0 bridgehead atoms. The highest BCUT2D eigenvalue weighted by Crippen LogP contribution is 2.40. The Hall–Kier alpha value is -1.29. The van der Waals surface area contributed by atoms with Gasteiger partial charge < -0.3 is 4.74 Å². The van der Waals surface area contributed by atoms with Crippen molar-refractivity contribution in [2.45, 2.75) is 11.8 Å². The van der Waals surface area contributed by atoms with Crippen LogP contribution in [0, 0.1) is 0 Å². The minimum absolute atomic E-state index is 0.0564. The first-order valence-corrected chi connectivity index (χ1v) is 4.48. The molecule has 0 amide bonds. The second-order valence-corrected chi connectivity index (χ2v) is 3.50. The van der Waals surface area contributed by atoms with E-state index in [4.69, 9.17) is 6.11 Å². The molecule has 1 atom stereocenters. The Morgan fingerprint density at radius 3 is 2.86 bits per heavy atom. The Morgan fingerprint density at radius 1 is 1.57 bits per heavy atom. The first-order valence-electron chi connectivity index (χ1n) is 4.98. The van der Waals surface area contributed by atoms with Gasteiger partial charge in [-0.15, -0.1) is 0 Å². The van der Waals surface area contributed by atoms with Gasteiger partial charge in [0.05, 0.1) is 7.98 Å². The molecule has 2 aliphatic rings. The summed E-state index contributed by atoms with van der Waals surface area (Å²) in [4.78, 5) is 0. The monoisotopic (exact) mass is 194 g/mol. The first-order chi connectivity index (χ1) is 7.25. The van der Waals surface area contributed by atoms with E-state index in [1.165, 1.54) is 0 Å². The minimum atomic E-state index is -1.00. The van der Waals surface area contributed by atoms with Gasteiger partial charge in [0.1, 0.15) is 12.8 Å². The van der Waals surface area contributed by atoms with E-state index in [1.54, 1.807) is 18.2 Å². The van der Waals surface area contributed by atoms with Crippen LogP contribution in [0.5, 0.6) is 0 Å². The first kappa shape index (κ1) is 7.06. The standard InChI is InChI=1S/C10H9FN2O/c11-6-10(12-13-10)8-3-1-7(2-4-8)9-5-14-9/h1-4,9H,5-6H2/i1T. The van der Waals surface area contributed by atoms with E-state index >= 15 is 0 Å². The van der Waals surface area contributed by atoms with Crippen molar-refractivity contribution < 1.29 is 10.5 Å². The minimum Gasteiger partial charge on any atom is -0.368 e. The molecule has 0 aliphatic carbocycles. The maximum atomic E-state index is 12.6. The molecule has 3 rings (SSSR count). The number of halogens is 1. The van der Waals surface area contributed by atoms with Crippen molar-refractivity contribution in [2.75, 3.05) is 13.3 Å². The molecule has 0 aromatic heterocycles. The number of benzene rings is 1. The Balaban J connectivity index is 1.95. The van der Waals surface area contributed by atoms with Crippen molar-refractivity contribution in [3.05, 3.63) is 35.4 Å². The zero-order valence-corrected chi connectivity index (χ0v) is 7.40. The summed E-state index contributed by atoms with van der Waals surface area (Å²) in [6.07, 6.45) is 0.0564. The smallest absolute Gasteiger partial charge is 0.243 e. The van der Waals surface area contributed by atoms with Crippen LogP contribution in [-0.4, -0.2) is 13.3 Å². The largest absolute Gasteiger partial charge is 0.368 e. The van der Waals surface area contributed by atoms with E-state index in [0.717, 1.165) is 5.56 Å². The average molecular weight is 194 g/mol. The molecule has 0 N–H and O–H groups in total. The molecule has 2 heterocycles. The van der Waals surface area contributed by atoms with Crippen molar-refractivity contribution in [2.24, 2.45) is 10.2 Å². The normalized spacial score (nSPS) is 27.2. The molecule has 3 nitrogen and oxygen atoms in total. The summed E-state index contributed by atoms with van der Waals surface area (Å²) in [5.74, 6) is 0. The van der Waals surface area contributed by atoms with Crippen LogP contribution in [0.3, 0.4) is 0 Å². The van der Waals surface area contributed by atoms with Crippen molar-refractivity contribution in [3.63, 3.8) is 0 Å². The molecule has 1 aromatic carbocycles. The summed E-state index contributed by atoms with van der Waals surface area (Å²) in [5.41, 5.74) is 0.506. The lowest BCUT2D eigenvalue weighted by molar-refractivity contribution is 0.400. The van der Waals surface area contributed by atoms with E-state index in [1.807, 2.05) is 0 Å². The van der Waals surface area contributed by atoms with Crippen LogP contribution in [0.1, 0.15) is 18.6 Å². The highest BCUT2D eigenvalue weighted by molar-refractivity contribution is 5.32. The molecule has 1 unspecified atom stereocenters. The molecule has 14 heavy (non-hydrogen) atoms. The summed E-state index contributed by atoms with van der Waals surface area (Å²) in [6.45, 7) is 0.0416. The van der Waals surface area contributed by atoms with Gasteiger partial charge in [-0.3, -0.25) is 0 Å². The fourth-order valence-electron chi connectivity index (χ4n) is 1.42. The molecule has 1 fully saturated rings. The van der Waals surface area contributed by atoms with Gasteiger partial charge in [0, 0.05) is 5.56 Å².